The molecule has 0 aliphatic heterocycles. The number of pyridine rings is 1. The lowest BCUT2D eigenvalue weighted by Crippen LogP contribution is -2.36. The SMILES string of the molecule is Cc1cc(C(F)(F)F)c(C#N)c(S[C@@H](C)C(=O)N[C@@H]2CCCc3ccccc32)n1. The Bertz CT molecular complexity index is 969. The summed E-state index contributed by atoms with van der Waals surface area (Å²) in [6.07, 6.45) is -1.93. The molecule has 0 spiro atoms. The molecule has 152 valence electrons. The van der Waals surface area contributed by atoms with Crippen LogP contribution in [0.3, 0.4) is 0 Å². The van der Waals surface area contributed by atoms with Gasteiger partial charge >= 0.3 is 6.18 Å². The van der Waals surface area contributed by atoms with Crippen molar-refractivity contribution in [3.63, 3.8) is 0 Å². The zero-order chi connectivity index (χ0) is 21.2. The number of nitrogens with one attached hydrogen (secondary N) is 1. The molecule has 1 aromatic heterocycles. The molecule has 4 nitrogen and oxygen atoms in total. The highest BCUT2D eigenvalue weighted by Crippen LogP contribution is 2.37. The molecule has 0 bridgehead atoms. The minimum Gasteiger partial charge on any atom is -0.348 e. The van der Waals surface area contributed by atoms with Crippen molar-refractivity contribution < 1.29 is 18.0 Å². The minimum atomic E-state index is -4.66. The summed E-state index contributed by atoms with van der Waals surface area (Å²) in [6, 6.07) is 10.3. The van der Waals surface area contributed by atoms with Gasteiger partial charge in [0.05, 0.1) is 22.4 Å². The molecule has 8 heteroatoms. The topological polar surface area (TPSA) is 65.8 Å². The van der Waals surface area contributed by atoms with Gasteiger partial charge in [0.1, 0.15) is 11.1 Å². The molecule has 1 aromatic carbocycles. The number of rotatable bonds is 4. The first-order valence-corrected chi connectivity index (χ1v) is 10.1. The summed E-state index contributed by atoms with van der Waals surface area (Å²) in [5.74, 6) is -0.294. The number of alkyl halides is 3. The maximum absolute atomic E-state index is 13.3. The smallest absolute Gasteiger partial charge is 0.348 e. The summed E-state index contributed by atoms with van der Waals surface area (Å²) in [5, 5.41) is 11.5. The Balaban J connectivity index is 1.79. The van der Waals surface area contributed by atoms with Crippen molar-refractivity contribution in [2.75, 3.05) is 0 Å². The highest BCUT2D eigenvalue weighted by Gasteiger charge is 2.36. The number of benzene rings is 1. The van der Waals surface area contributed by atoms with E-state index < -0.39 is 22.6 Å². The number of thioether (sulfide) groups is 1. The van der Waals surface area contributed by atoms with Crippen LogP contribution in [0.1, 0.15) is 53.8 Å². The molecule has 2 atom stereocenters. The Hall–Kier alpha value is -2.53. The molecule has 1 N–H and O–H groups in total. The summed E-state index contributed by atoms with van der Waals surface area (Å²) in [5.41, 5.74) is 0.855. The number of carbonyl (C=O) groups excluding carboxylic acids is 1. The van der Waals surface area contributed by atoms with Gasteiger partial charge in [-0.25, -0.2) is 4.98 Å². The second-order valence-electron chi connectivity index (χ2n) is 7.01. The third kappa shape index (κ3) is 4.73. The van der Waals surface area contributed by atoms with Crippen LogP contribution in [0.4, 0.5) is 13.2 Å². The first-order chi connectivity index (χ1) is 13.7. The number of hydrogen-bond acceptors (Lipinski definition) is 4. The summed E-state index contributed by atoms with van der Waals surface area (Å²) >= 11 is 0.872. The molecule has 3 rings (SSSR count). The molecule has 29 heavy (non-hydrogen) atoms. The monoisotopic (exact) mass is 419 g/mol. The van der Waals surface area contributed by atoms with Crippen molar-refractivity contribution in [3.8, 4) is 6.07 Å². The fourth-order valence-electron chi connectivity index (χ4n) is 3.48. The maximum atomic E-state index is 13.3. The van der Waals surface area contributed by atoms with Crippen molar-refractivity contribution in [3.05, 3.63) is 58.3 Å². The quantitative estimate of drug-likeness (QED) is 0.712. The van der Waals surface area contributed by atoms with Crippen LogP contribution in [-0.4, -0.2) is 16.1 Å². The van der Waals surface area contributed by atoms with E-state index >= 15 is 0 Å². The third-order valence-electron chi connectivity index (χ3n) is 4.88. The molecular formula is C21H20F3N3OS. The van der Waals surface area contributed by atoms with Crippen LogP contribution in [0.25, 0.3) is 0 Å². The summed E-state index contributed by atoms with van der Waals surface area (Å²) in [6.45, 7) is 3.04. The zero-order valence-corrected chi connectivity index (χ0v) is 16.8. The van der Waals surface area contributed by atoms with E-state index in [1.54, 1.807) is 13.0 Å². The van der Waals surface area contributed by atoms with Crippen LogP contribution in [0.5, 0.6) is 0 Å². The Kier molecular flexibility index (Phi) is 6.18. The molecular weight excluding hydrogens is 399 g/mol. The van der Waals surface area contributed by atoms with Gasteiger partial charge in [0.25, 0.3) is 0 Å². The largest absolute Gasteiger partial charge is 0.417 e. The standard InChI is InChI=1S/C21H20F3N3OS/c1-12-10-17(21(22,23)24)16(11-25)20(26-12)29-13(2)19(28)27-18-9-5-7-14-6-3-4-8-15(14)18/h3-4,6,8,10,13,18H,5,7,9H2,1-2H3,(H,27,28)/t13-,18+/m0/s1. The molecule has 1 heterocycles. The van der Waals surface area contributed by atoms with E-state index in [0.717, 1.165) is 42.7 Å². The second kappa shape index (κ2) is 8.46. The highest BCUT2D eigenvalue weighted by molar-refractivity contribution is 8.00. The van der Waals surface area contributed by atoms with E-state index in [1.807, 2.05) is 24.3 Å². The lowest BCUT2D eigenvalue weighted by atomic mass is 9.88. The number of nitrogens with zero attached hydrogens (tertiary/aromatic N) is 2. The van der Waals surface area contributed by atoms with Gasteiger partial charge in [-0.15, -0.1) is 0 Å². The fourth-order valence-corrected chi connectivity index (χ4v) is 4.46. The van der Waals surface area contributed by atoms with Crippen molar-refractivity contribution in [1.29, 1.82) is 5.26 Å². The Morgan fingerprint density at radius 1 is 1.38 bits per heavy atom. The summed E-state index contributed by atoms with van der Waals surface area (Å²) < 4.78 is 39.8. The van der Waals surface area contributed by atoms with Gasteiger partial charge in [-0.2, -0.15) is 18.4 Å². The Morgan fingerprint density at radius 2 is 2.10 bits per heavy atom. The summed E-state index contributed by atoms with van der Waals surface area (Å²) in [7, 11) is 0. The number of aromatic nitrogens is 1. The molecule has 2 aromatic rings. The zero-order valence-electron chi connectivity index (χ0n) is 16.0. The first-order valence-electron chi connectivity index (χ1n) is 9.24. The van der Waals surface area contributed by atoms with Crippen LogP contribution in [0.15, 0.2) is 35.4 Å². The fraction of sp³-hybridized carbons (Fsp3) is 0.381. The average molecular weight is 419 g/mol. The summed E-state index contributed by atoms with van der Waals surface area (Å²) in [4.78, 5) is 16.8. The third-order valence-corrected chi connectivity index (χ3v) is 5.96. The normalized spacial score (nSPS) is 17.2. The predicted molar refractivity (Wildman–Crippen MR) is 104 cm³/mol. The van der Waals surface area contributed by atoms with Crippen LogP contribution in [0.2, 0.25) is 0 Å². The van der Waals surface area contributed by atoms with Gasteiger partial charge < -0.3 is 5.32 Å². The van der Waals surface area contributed by atoms with Gasteiger partial charge in [0.15, 0.2) is 0 Å². The van der Waals surface area contributed by atoms with E-state index in [-0.39, 0.29) is 22.7 Å². The number of nitriles is 1. The van der Waals surface area contributed by atoms with E-state index in [2.05, 4.69) is 10.3 Å². The Morgan fingerprint density at radius 3 is 2.79 bits per heavy atom. The molecule has 0 radical (unpaired) electrons. The van der Waals surface area contributed by atoms with Crippen LogP contribution >= 0.6 is 11.8 Å². The minimum absolute atomic E-state index is 0.0773. The number of halogens is 3. The maximum Gasteiger partial charge on any atom is 0.417 e. The van der Waals surface area contributed by atoms with Crippen LogP contribution < -0.4 is 5.32 Å². The van der Waals surface area contributed by atoms with E-state index in [0.29, 0.717) is 0 Å². The predicted octanol–water partition coefficient (Wildman–Crippen LogP) is 4.95. The van der Waals surface area contributed by atoms with Gasteiger partial charge in [-0.05, 0) is 50.3 Å². The van der Waals surface area contributed by atoms with Crippen LogP contribution in [0, 0.1) is 18.3 Å². The Labute approximate surface area is 171 Å². The van der Waals surface area contributed by atoms with E-state index in [9.17, 15) is 23.2 Å². The van der Waals surface area contributed by atoms with Gasteiger partial charge in [0.2, 0.25) is 5.91 Å². The lowest BCUT2D eigenvalue weighted by Gasteiger charge is -2.27. The van der Waals surface area contributed by atoms with Gasteiger partial charge in [-0.1, -0.05) is 36.0 Å². The highest BCUT2D eigenvalue weighted by atomic mass is 32.2. The van der Waals surface area contributed by atoms with Gasteiger partial charge in [-0.3, -0.25) is 4.79 Å². The molecule has 1 aliphatic rings. The second-order valence-corrected chi connectivity index (χ2v) is 8.34. The first kappa shape index (κ1) is 21.2. The number of hydrogen-bond donors (Lipinski definition) is 1. The molecule has 1 aliphatic carbocycles. The number of carbonyl (C=O) groups is 1. The van der Waals surface area contributed by atoms with E-state index in [1.165, 1.54) is 12.5 Å². The average Bonchev–Trinajstić information content (AvgIpc) is 2.67. The van der Waals surface area contributed by atoms with Crippen molar-refractivity contribution in [1.82, 2.24) is 10.3 Å². The number of aryl methyl sites for hydroxylation is 2. The number of amides is 1. The van der Waals surface area contributed by atoms with Crippen molar-refractivity contribution in [2.24, 2.45) is 0 Å². The molecule has 0 saturated carbocycles. The molecule has 1 amide bonds. The van der Waals surface area contributed by atoms with E-state index in [4.69, 9.17) is 0 Å². The van der Waals surface area contributed by atoms with Gasteiger partial charge in [0, 0.05) is 5.69 Å². The van der Waals surface area contributed by atoms with Crippen molar-refractivity contribution >= 4 is 17.7 Å². The molecule has 0 saturated heterocycles. The van der Waals surface area contributed by atoms with Crippen LogP contribution in [-0.2, 0) is 17.4 Å². The molecule has 0 unspecified atom stereocenters. The lowest BCUT2D eigenvalue weighted by molar-refractivity contribution is -0.138. The van der Waals surface area contributed by atoms with Crippen molar-refractivity contribution in [2.45, 2.75) is 55.6 Å². The number of fused-ring (bicyclic) bond motifs is 1. The molecule has 0 fully saturated rings.